The van der Waals surface area contributed by atoms with E-state index in [-0.39, 0.29) is 0 Å². The van der Waals surface area contributed by atoms with Crippen molar-refractivity contribution in [3.63, 3.8) is 0 Å². The molecule has 0 aliphatic heterocycles. The number of aryl methyl sites for hydroxylation is 1. The Morgan fingerprint density at radius 2 is 2.08 bits per heavy atom. The summed E-state index contributed by atoms with van der Waals surface area (Å²) in [5, 5.41) is 19.7. The molecule has 13 heavy (non-hydrogen) atoms. The van der Waals surface area contributed by atoms with E-state index in [1.54, 1.807) is 6.92 Å². The van der Waals surface area contributed by atoms with Crippen molar-refractivity contribution in [1.82, 2.24) is 0 Å². The highest BCUT2D eigenvalue weighted by atomic mass is 16.3. The van der Waals surface area contributed by atoms with Crippen LogP contribution >= 0.6 is 0 Å². The lowest BCUT2D eigenvalue weighted by molar-refractivity contribution is -0.0765. The van der Waals surface area contributed by atoms with Gasteiger partial charge in [0.05, 0.1) is 6.10 Å². The predicted octanol–water partition coefficient (Wildman–Crippen LogP) is 1.20. The summed E-state index contributed by atoms with van der Waals surface area (Å²) in [6.07, 6.45) is 0.861. The second-order valence-electron chi connectivity index (χ2n) is 3.86. The van der Waals surface area contributed by atoms with Gasteiger partial charge in [0.2, 0.25) is 0 Å². The van der Waals surface area contributed by atoms with Gasteiger partial charge in [-0.2, -0.15) is 0 Å². The minimum absolute atomic E-state index is 0.637. The molecule has 0 saturated carbocycles. The lowest BCUT2D eigenvalue weighted by Crippen LogP contribution is -2.40. The Balaban J connectivity index is 2.52. The standard InChI is InChI=1S/C11H14O2/c1-11(13)9-5-3-2-4-8(9)6-7-10(11)12/h2-5,10,12-13H,6-7H2,1H3/t10-,11+/m0/s1. The molecule has 0 amide bonds. The van der Waals surface area contributed by atoms with Gasteiger partial charge in [-0.1, -0.05) is 24.3 Å². The van der Waals surface area contributed by atoms with Crippen molar-refractivity contribution in [2.24, 2.45) is 0 Å². The molecule has 2 atom stereocenters. The number of hydrogen-bond donors (Lipinski definition) is 2. The van der Waals surface area contributed by atoms with E-state index in [4.69, 9.17) is 0 Å². The van der Waals surface area contributed by atoms with E-state index in [2.05, 4.69) is 0 Å². The van der Waals surface area contributed by atoms with Crippen molar-refractivity contribution < 1.29 is 10.2 Å². The number of aliphatic hydroxyl groups excluding tert-OH is 1. The Morgan fingerprint density at radius 1 is 1.38 bits per heavy atom. The first-order chi connectivity index (χ1) is 6.12. The highest BCUT2D eigenvalue weighted by Gasteiger charge is 2.37. The minimum Gasteiger partial charge on any atom is -0.390 e. The van der Waals surface area contributed by atoms with Crippen LogP contribution in [0.4, 0.5) is 0 Å². The third kappa shape index (κ3) is 1.26. The number of benzene rings is 1. The molecular formula is C11H14O2. The van der Waals surface area contributed by atoms with Crippen LogP contribution < -0.4 is 0 Å². The van der Waals surface area contributed by atoms with Crippen molar-refractivity contribution in [3.8, 4) is 0 Å². The Bertz CT molecular complexity index is 318. The molecule has 0 unspecified atom stereocenters. The zero-order valence-electron chi connectivity index (χ0n) is 7.70. The smallest absolute Gasteiger partial charge is 0.113 e. The maximum absolute atomic E-state index is 10.0. The van der Waals surface area contributed by atoms with Crippen LogP contribution in [-0.4, -0.2) is 16.3 Å². The van der Waals surface area contributed by atoms with Gasteiger partial charge in [-0.25, -0.2) is 0 Å². The summed E-state index contributed by atoms with van der Waals surface area (Å²) in [7, 11) is 0. The SMILES string of the molecule is C[C@@]1(O)c2ccccc2CC[C@@H]1O. The van der Waals surface area contributed by atoms with Gasteiger partial charge in [0.25, 0.3) is 0 Å². The summed E-state index contributed by atoms with van der Waals surface area (Å²) in [5.74, 6) is 0. The molecule has 1 aliphatic rings. The van der Waals surface area contributed by atoms with Gasteiger partial charge in [0, 0.05) is 0 Å². The minimum atomic E-state index is -1.07. The molecule has 0 fully saturated rings. The first kappa shape index (κ1) is 8.73. The molecule has 0 aromatic heterocycles. The van der Waals surface area contributed by atoms with Gasteiger partial charge < -0.3 is 10.2 Å². The van der Waals surface area contributed by atoms with E-state index in [0.29, 0.717) is 6.42 Å². The third-order valence-electron chi connectivity index (χ3n) is 2.90. The van der Waals surface area contributed by atoms with Gasteiger partial charge in [-0.05, 0) is 30.9 Å². The van der Waals surface area contributed by atoms with Crippen LogP contribution in [0.1, 0.15) is 24.5 Å². The quantitative estimate of drug-likeness (QED) is 0.626. The maximum Gasteiger partial charge on any atom is 0.113 e. The summed E-state index contributed by atoms with van der Waals surface area (Å²) >= 11 is 0. The Kier molecular flexibility index (Phi) is 1.90. The molecular weight excluding hydrogens is 164 g/mol. The highest BCUT2D eigenvalue weighted by Crippen LogP contribution is 2.34. The fraction of sp³-hybridized carbons (Fsp3) is 0.455. The second kappa shape index (κ2) is 2.82. The molecule has 2 rings (SSSR count). The number of hydrogen-bond acceptors (Lipinski definition) is 2. The maximum atomic E-state index is 10.0. The van der Waals surface area contributed by atoms with E-state index < -0.39 is 11.7 Å². The van der Waals surface area contributed by atoms with E-state index in [1.165, 1.54) is 0 Å². The summed E-state index contributed by atoms with van der Waals surface area (Å²) in [5.41, 5.74) is 0.945. The van der Waals surface area contributed by atoms with Crippen molar-refractivity contribution in [2.45, 2.75) is 31.5 Å². The molecule has 0 spiro atoms. The van der Waals surface area contributed by atoms with E-state index in [9.17, 15) is 10.2 Å². The normalized spacial score (nSPS) is 32.7. The van der Waals surface area contributed by atoms with E-state index in [0.717, 1.165) is 17.5 Å². The first-order valence-electron chi connectivity index (χ1n) is 4.61. The van der Waals surface area contributed by atoms with E-state index >= 15 is 0 Å². The van der Waals surface area contributed by atoms with Gasteiger partial charge >= 0.3 is 0 Å². The monoisotopic (exact) mass is 178 g/mol. The fourth-order valence-corrected chi connectivity index (χ4v) is 1.98. The molecule has 2 nitrogen and oxygen atoms in total. The van der Waals surface area contributed by atoms with Crippen LogP contribution in [0.2, 0.25) is 0 Å². The highest BCUT2D eigenvalue weighted by molar-refractivity contribution is 5.35. The molecule has 1 aromatic rings. The first-order valence-corrected chi connectivity index (χ1v) is 4.61. The molecule has 1 aromatic carbocycles. The van der Waals surface area contributed by atoms with Gasteiger partial charge in [0.1, 0.15) is 5.60 Å². The third-order valence-corrected chi connectivity index (χ3v) is 2.90. The molecule has 0 saturated heterocycles. The zero-order chi connectivity index (χ0) is 9.47. The van der Waals surface area contributed by atoms with Gasteiger partial charge in [-0.15, -0.1) is 0 Å². The molecule has 0 heterocycles. The summed E-state index contributed by atoms with van der Waals surface area (Å²) < 4.78 is 0. The lowest BCUT2D eigenvalue weighted by atomic mass is 9.78. The number of aliphatic hydroxyl groups is 2. The number of fused-ring (bicyclic) bond motifs is 1. The zero-order valence-corrected chi connectivity index (χ0v) is 7.70. The Hall–Kier alpha value is -0.860. The van der Waals surface area contributed by atoms with E-state index in [1.807, 2.05) is 24.3 Å². The molecule has 0 radical (unpaired) electrons. The summed E-state index contributed by atoms with van der Waals surface area (Å²) in [6, 6.07) is 7.76. The van der Waals surface area contributed by atoms with Crippen LogP contribution in [-0.2, 0) is 12.0 Å². The van der Waals surface area contributed by atoms with Crippen LogP contribution in [0.5, 0.6) is 0 Å². The van der Waals surface area contributed by atoms with Gasteiger partial charge in [-0.3, -0.25) is 0 Å². The second-order valence-corrected chi connectivity index (χ2v) is 3.86. The van der Waals surface area contributed by atoms with Crippen LogP contribution in [0.3, 0.4) is 0 Å². The topological polar surface area (TPSA) is 40.5 Å². The molecule has 2 heteroatoms. The molecule has 0 bridgehead atoms. The van der Waals surface area contributed by atoms with Gasteiger partial charge in [0.15, 0.2) is 0 Å². The average Bonchev–Trinajstić information content (AvgIpc) is 2.13. The Labute approximate surface area is 77.8 Å². The lowest BCUT2D eigenvalue weighted by Gasteiger charge is -2.35. The molecule has 70 valence electrons. The largest absolute Gasteiger partial charge is 0.390 e. The van der Waals surface area contributed by atoms with Crippen molar-refractivity contribution in [2.75, 3.05) is 0 Å². The molecule has 2 N–H and O–H groups in total. The fourth-order valence-electron chi connectivity index (χ4n) is 1.98. The van der Waals surface area contributed by atoms with Crippen LogP contribution in [0.25, 0.3) is 0 Å². The number of rotatable bonds is 0. The summed E-state index contributed by atoms with van der Waals surface area (Å²) in [6.45, 7) is 1.68. The molecule has 1 aliphatic carbocycles. The van der Waals surface area contributed by atoms with Crippen molar-refractivity contribution >= 4 is 0 Å². The van der Waals surface area contributed by atoms with Crippen LogP contribution in [0, 0.1) is 0 Å². The predicted molar refractivity (Wildman–Crippen MR) is 50.3 cm³/mol. The van der Waals surface area contributed by atoms with Crippen molar-refractivity contribution in [3.05, 3.63) is 35.4 Å². The van der Waals surface area contributed by atoms with Crippen molar-refractivity contribution in [1.29, 1.82) is 0 Å². The Morgan fingerprint density at radius 3 is 2.85 bits per heavy atom. The van der Waals surface area contributed by atoms with Crippen LogP contribution in [0.15, 0.2) is 24.3 Å². The summed E-state index contributed by atoms with van der Waals surface area (Å²) in [4.78, 5) is 0. The average molecular weight is 178 g/mol.